The molecule has 0 fully saturated rings. The third-order valence-corrected chi connectivity index (χ3v) is 7.98. The summed E-state index contributed by atoms with van der Waals surface area (Å²) in [7, 11) is -1.97. The Kier molecular flexibility index (Phi) is 6.50. The zero-order chi connectivity index (χ0) is 23.6. The molecule has 2 heterocycles. The lowest BCUT2D eigenvalue weighted by Crippen LogP contribution is -2.30. The number of fused-ring (bicyclic) bond motifs is 1. The van der Waals surface area contributed by atoms with Gasteiger partial charge in [0.05, 0.1) is 12.0 Å². The quantitative estimate of drug-likeness (QED) is 0.383. The number of anilines is 1. The lowest BCUT2D eigenvalue weighted by Gasteiger charge is -2.18. The number of thiazole rings is 1. The molecule has 0 aliphatic carbocycles. The summed E-state index contributed by atoms with van der Waals surface area (Å²) >= 11 is 1.27. The molecule has 8 nitrogen and oxygen atoms in total. The maximum Gasteiger partial charge on any atom is 0.257 e. The van der Waals surface area contributed by atoms with Crippen LogP contribution in [-0.4, -0.2) is 43.8 Å². The van der Waals surface area contributed by atoms with E-state index in [4.69, 9.17) is 9.15 Å². The second-order valence-corrected chi connectivity index (χ2v) is 9.92. The number of nitrogens with zero attached hydrogens (tertiary/aromatic N) is 2. The summed E-state index contributed by atoms with van der Waals surface area (Å²) in [5.74, 6) is 0.940. The Hall–Kier alpha value is -3.21. The van der Waals surface area contributed by atoms with E-state index in [9.17, 15) is 13.2 Å². The standard InChI is InChI=1S/C23H23N3O5S2/c1-4-26(5-2)33(28,29)18-9-6-15(7-10-18)22(27)25-23-24-19(14-32-23)21-13-16-12-17(30-3)8-11-20(16)31-21/h6-14H,4-5H2,1-3H3,(H,24,25,27). The Morgan fingerprint density at radius 1 is 1.12 bits per heavy atom. The third kappa shape index (κ3) is 4.63. The second kappa shape index (κ2) is 9.34. The number of ether oxygens (including phenoxy) is 1. The van der Waals surface area contributed by atoms with Crippen molar-refractivity contribution in [3.63, 3.8) is 0 Å². The summed E-state index contributed by atoms with van der Waals surface area (Å²) in [4.78, 5) is 17.2. The van der Waals surface area contributed by atoms with E-state index in [0.29, 0.717) is 40.8 Å². The molecule has 0 spiro atoms. The first-order chi connectivity index (χ1) is 15.8. The molecule has 0 saturated carbocycles. The highest BCUT2D eigenvalue weighted by molar-refractivity contribution is 7.89. The van der Waals surface area contributed by atoms with Gasteiger partial charge < -0.3 is 9.15 Å². The normalized spacial score (nSPS) is 11.8. The minimum atomic E-state index is -3.57. The number of furan rings is 1. The van der Waals surface area contributed by atoms with Gasteiger partial charge in [0, 0.05) is 29.4 Å². The molecule has 4 rings (SSSR count). The molecule has 0 aliphatic rings. The summed E-state index contributed by atoms with van der Waals surface area (Å²) < 4.78 is 37.7. The molecule has 4 aromatic rings. The van der Waals surface area contributed by atoms with Crippen LogP contribution in [0.4, 0.5) is 5.13 Å². The summed E-state index contributed by atoms with van der Waals surface area (Å²) in [6.07, 6.45) is 0. The first-order valence-electron chi connectivity index (χ1n) is 10.3. The van der Waals surface area contributed by atoms with Crippen molar-refractivity contribution in [1.29, 1.82) is 0 Å². The van der Waals surface area contributed by atoms with Gasteiger partial charge in [-0.1, -0.05) is 13.8 Å². The van der Waals surface area contributed by atoms with E-state index in [1.54, 1.807) is 26.3 Å². The molecule has 10 heteroatoms. The number of methoxy groups -OCH3 is 1. The van der Waals surface area contributed by atoms with Gasteiger partial charge in [0.2, 0.25) is 10.0 Å². The predicted octanol–water partition coefficient (Wildman–Crippen LogP) is 4.85. The van der Waals surface area contributed by atoms with Crippen molar-refractivity contribution in [2.75, 3.05) is 25.5 Å². The van der Waals surface area contributed by atoms with Gasteiger partial charge in [0.15, 0.2) is 10.9 Å². The fourth-order valence-corrected chi connectivity index (χ4v) is 5.53. The van der Waals surface area contributed by atoms with Crippen LogP contribution >= 0.6 is 11.3 Å². The zero-order valence-electron chi connectivity index (χ0n) is 18.4. The molecule has 0 radical (unpaired) electrons. The van der Waals surface area contributed by atoms with Crippen molar-refractivity contribution >= 4 is 43.4 Å². The van der Waals surface area contributed by atoms with Gasteiger partial charge in [-0.15, -0.1) is 11.3 Å². The summed E-state index contributed by atoms with van der Waals surface area (Å²) in [6.45, 7) is 4.33. The topological polar surface area (TPSA) is 102 Å². The van der Waals surface area contributed by atoms with E-state index in [2.05, 4.69) is 10.3 Å². The average Bonchev–Trinajstić information content (AvgIpc) is 3.46. The third-order valence-electron chi connectivity index (χ3n) is 5.16. The van der Waals surface area contributed by atoms with Gasteiger partial charge in [-0.2, -0.15) is 4.31 Å². The molecule has 1 amide bonds. The van der Waals surface area contributed by atoms with Crippen molar-refractivity contribution < 1.29 is 22.4 Å². The van der Waals surface area contributed by atoms with Gasteiger partial charge >= 0.3 is 0 Å². The fraction of sp³-hybridized carbons (Fsp3) is 0.217. The molecular weight excluding hydrogens is 462 g/mol. The smallest absolute Gasteiger partial charge is 0.257 e. The molecule has 1 N–H and O–H groups in total. The highest BCUT2D eigenvalue weighted by Crippen LogP contribution is 2.32. The number of sulfonamides is 1. The molecule has 0 saturated heterocycles. The van der Waals surface area contributed by atoms with Gasteiger partial charge in [-0.05, 0) is 48.5 Å². The number of nitrogens with one attached hydrogen (secondary N) is 1. The maximum absolute atomic E-state index is 12.6. The van der Waals surface area contributed by atoms with Crippen molar-refractivity contribution in [3.05, 3.63) is 59.5 Å². The number of carbonyl (C=O) groups excluding carboxylic acids is 1. The SMILES string of the molecule is CCN(CC)S(=O)(=O)c1ccc(C(=O)Nc2nc(-c3cc4cc(OC)ccc4o3)cs2)cc1. The van der Waals surface area contributed by atoms with Crippen LogP contribution in [0.2, 0.25) is 0 Å². The molecule has 0 unspecified atom stereocenters. The Labute approximate surface area is 195 Å². The molecule has 0 atom stereocenters. The number of rotatable bonds is 8. The van der Waals surface area contributed by atoms with E-state index in [1.807, 2.05) is 24.3 Å². The second-order valence-electron chi connectivity index (χ2n) is 7.12. The number of benzene rings is 2. The van der Waals surface area contributed by atoms with Gasteiger partial charge in [-0.25, -0.2) is 13.4 Å². The number of amides is 1. The Balaban J connectivity index is 1.49. The van der Waals surface area contributed by atoms with Crippen LogP contribution in [0.1, 0.15) is 24.2 Å². The molecule has 172 valence electrons. The zero-order valence-corrected chi connectivity index (χ0v) is 20.0. The minimum Gasteiger partial charge on any atom is -0.497 e. The monoisotopic (exact) mass is 485 g/mol. The van der Waals surface area contributed by atoms with Gasteiger partial charge in [-0.3, -0.25) is 10.1 Å². The maximum atomic E-state index is 12.6. The van der Waals surface area contributed by atoms with Crippen LogP contribution in [0.3, 0.4) is 0 Å². The molecular formula is C23H23N3O5S2. The molecule has 33 heavy (non-hydrogen) atoms. The summed E-state index contributed by atoms with van der Waals surface area (Å²) in [5, 5.41) is 5.85. The molecule has 2 aromatic carbocycles. The number of hydrogen-bond donors (Lipinski definition) is 1. The van der Waals surface area contributed by atoms with Gasteiger partial charge in [0.1, 0.15) is 17.0 Å². The fourth-order valence-electron chi connectivity index (χ4n) is 3.38. The lowest BCUT2D eigenvalue weighted by atomic mass is 10.2. The molecule has 2 aromatic heterocycles. The van der Waals surface area contributed by atoms with E-state index in [0.717, 1.165) is 11.1 Å². The molecule has 0 bridgehead atoms. The number of hydrogen-bond acceptors (Lipinski definition) is 7. The van der Waals surface area contributed by atoms with E-state index < -0.39 is 10.0 Å². The highest BCUT2D eigenvalue weighted by atomic mass is 32.2. The first kappa shape index (κ1) is 23.0. The highest BCUT2D eigenvalue weighted by Gasteiger charge is 2.22. The van der Waals surface area contributed by atoms with E-state index in [-0.39, 0.29) is 10.8 Å². The number of carbonyl (C=O) groups is 1. The Morgan fingerprint density at radius 3 is 2.52 bits per heavy atom. The van der Waals surface area contributed by atoms with E-state index in [1.165, 1.54) is 39.9 Å². The summed E-state index contributed by atoms with van der Waals surface area (Å²) in [5.41, 5.74) is 1.65. The van der Waals surface area contributed by atoms with Crippen LogP contribution in [0, 0.1) is 0 Å². The van der Waals surface area contributed by atoms with Crippen LogP contribution in [-0.2, 0) is 10.0 Å². The summed E-state index contributed by atoms with van der Waals surface area (Å²) in [6, 6.07) is 13.3. The van der Waals surface area contributed by atoms with Crippen molar-refractivity contribution in [3.8, 4) is 17.2 Å². The van der Waals surface area contributed by atoms with Crippen molar-refractivity contribution in [1.82, 2.24) is 9.29 Å². The molecule has 0 aliphatic heterocycles. The predicted molar refractivity (Wildman–Crippen MR) is 128 cm³/mol. The average molecular weight is 486 g/mol. The number of aromatic nitrogens is 1. The largest absolute Gasteiger partial charge is 0.497 e. The Morgan fingerprint density at radius 2 is 1.85 bits per heavy atom. The van der Waals surface area contributed by atoms with E-state index >= 15 is 0 Å². The first-order valence-corrected chi connectivity index (χ1v) is 12.6. The van der Waals surface area contributed by atoms with Crippen LogP contribution < -0.4 is 10.1 Å². The van der Waals surface area contributed by atoms with Crippen LogP contribution in [0.15, 0.2) is 63.2 Å². The van der Waals surface area contributed by atoms with Gasteiger partial charge in [0.25, 0.3) is 5.91 Å². The minimum absolute atomic E-state index is 0.154. The van der Waals surface area contributed by atoms with Crippen molar-refractivity contribution in [2.45, 2.75) is 18.7 Å². The Bertz CT molecular complexity index is 1390. The lowest BCUT2D eigenvalue weighted by molar-refractivity contribution is 0.102. The van der Waals surface area contributed by atoms with Crippen LogP contribution in [0.5, 0.6) is 5.75 Å². The van der Waals surface area contributed by atoms with Crippen molar-refractivity contribution in [2.24, 2.45) is 0 Å². The van der Waals surface area contributed by atoms with Crippen LogP contribution in [0.25, 0.3) is 22.4 Å².